The molecule has 0 fully saturated rings. The number of fused-ring (bicyclic) bond motifs is 1. The molecule has 138 valence electrons. The standard InChI is InChI=1S/C16H13F5N4O/c1-15(17,18)8-25-13-6-10(2-4-12(13)23-24-25)11-3-5-14(22-7-11)26-9-16(19,20)21/h2-7H,8-9H2,1H3. The van der Waals surface area contributed by atoms with Crippen molar-refractivity contribution in [1.29, 1.82) is 0 Å². The molecule has 26 heavy (non-hydrogen) atoms. The number of benzene rings is 1. The van der Waals surface area contributed by atoms with Crippen molar-refractivity contribution in [3.05, 3.63) is 36.5 Å². The lowest BCUT2D eigenvalue weighted by Gasteiger charge is -2.10. The average molecular weight is 372 g/mol. The van der Waals surface area contributed by atoms with Crippen LogP contribution in [0.3, 0.4) is 0 Å². The summed E-state index contributed by atoms with van der Waals surface area (Å²) in [6.07, 6.45) is -3.10. The molecule has 0 radical (unpaired) electrons. The van der Waals surface area contributed by atoms with Gasteiger partial charge in [-0.3, -0.25) is 0 Å². The van der Waals surface area contributed by atoms with E-state index in [4.69, 9.17) is 0 Å². The molecule has 1 aromatic carbocycles. The Hall–Kier alpha value is -2.78. The summed E-state index contributed by atoms with van der Waals surface area (Å²) in [6.45, 7) is -1.26. The number of pyridine rings is 1. The van der Waals surface area contributed by atoms with Gasteiger partial charge in [0.2, 0.25) is 5.88 Å². The van der Waals surface area contributed by atoms with Gasteiger partial charge < -0.3 is 4.74 Å². The SMILES string of the molecule is CC(F)(F)Cn1nnc2ccc(-c3ccc(OCC(F)(F)F)nc3)cc21. The van der Waals surface area contributed by atoms with E-state index in [0.717, 1.165) is 11.6 Å². The van der Waals surface area contributed by atoms with Crippen molar-refractivity contribution in [1.82, 2.24) is 20.0 Å². The van der Waals surface area contributed by atoms with Crippen LogP contribution >= 0.6 is 0 Å². The minimum absolute atomic E-state index is 0.163. The van der Waals surface area contributed by atoms with Gasteiger partial charge in [-0.15, -0.1) is 5.10 Å². The van der Waals surface area contributed by atoms with Gasteiger partial charge in [0, 0.05) is 24.8 Å². The lowest BCUT2D eigenvalue weighted by Crippen LogP contribution is -2.20. The summed E-state index contributed by atoms with van der Waals surface area (Å²) >= 11 is 0. The number of ether oxygens (including phenoxy) is 1. The maximum absolute atomic E-state index is 13.2. The molecule has 0 saturated heterocycles. The van der Waals surface area contributed by atoms with E-state index < -0.39 is 25.3 Å². The highest BCUT2D eigenvalue weighted by molar-refractivity contribution is 5.81. The fraction of sp³-hybridized carbons (Fsp3) is 0.312. The maximum atomic E-state index is 13.2. The van der Waals surface area contributed by atoms with Crippen LogP contribution in [0, 0.1) is 0 Å². The summed E-state index contributed by atoms with van der Waals surface area (Å²) in [5.41, 5.74) is 2.09. The topological polar surface area (TPSA) is 52.8 Å². The Bertz CT molecular complexity index is 900. The van der Waals surface area contributed by atoms with Gasteiger partial charge in [0.05, 0.1) is 5.52 Å². The van der Waals surface area contributed by atoms with E-state index in [1.54, 1.807) is 18.2 Å². The smallest absolute Gasteiger partial charge is 0.422 e. The van der Waals surface area contributed by atoms with Crippen LogP contribution in [0.15, 0.2) is 36.5 Å². The molecule has 0 saturated carbocycles. The van der Waals surface area contributed by atoms with Crippen LogP contribution in [-0.2, 0) is 6.54 Å². The van der Waals surface area contributed by atoms with Crippen molar-refractivity contribution in [3.8, 4) is 17.0 Å². The van der Waals surface area contributed by atoms with Gasteiger partial charge in [-0.05, 0) is 23.8 Å². The van der Waals surface area contributed by atoms with Crippen molar-refractivity contribution in [2.24, 2.45) is 0 Å². The Morgan fingerprint density at radius 1 is 1.04 bits per heavy atom. The second-order valence-corrected chi connectivity index (χ2v) is 5.81. The maximum Gasteiger partial charge on any atom is 0.422 e. The van der Waals surface area contributed by atoms with Crippen molar-refractivity contribution in [2.45, 2.75) is 25.6 Å². The zero-order valence-corrected chi connectivity index (χ0v) is 13.5. The largest absolute Gasteiger partial charge is 0.468 e. The molecule has 0 spiro atoms. The summed E-state index contributed by atoms with van der Waals surface area (Å²) in [5, 5.41) is 7.56. The van der Waals surface area contributed by atoms with Crippen molar-refractivity contribution < 1.29 is 26.7 Å². The van der Waals surface area contributed by atoms with Crippen LogP contribution in [0.1, 0.15) is 6.92 Å². The van der Waals surface area contributed by atoms with E-state index in [1.807, 2.05) is 0 Å². The molecule has 0 N–H and O–H groups in total. The Labute approximate surface area is 144 Å². The molecule has 0 aliphatic rings. The lowest BCUT2D eigenvalue weighted by molar-refractivity contribution is -0.154. The lowest BCUT2D eigenvalue weighted by atomic mass is 10.1. The van der Waals surface area contributed by atoms with Crippen LogP contribution in [-0.4, -0.2) is 38.7 Å². The molecule has 0 atom stereocenters. The number of rotatable bonds is 5. The summed E-state index contributed by atoms with van der Waals surface area (Å²) < 4.78 is 68.6. The molecule has 0 amide bonds. The number of aromatic nitrogens is 4. The summed E-state index contributed by atoms with van der Waals surface area (Å²) in [4.78, 5) is 3.83. The molecule has 3 rings (SSSR count). The Morgan fingerprint density at radius 2 is 1.77 bits per heavy atom. The van der Waals surface area contributed by atoms with Crippen LogP contribution in [0.25, 0.3) is 22.2 Å². The number of hydrogen-bond donors (Lipinski definition) is 0. The zero-order valence-electron chi connectivity index (χ0n) is 13.5. The van der Waals surface area contributed by atoms with Gasteiger partial charge in [-0.25, -0.2) is 18.4 Å². The van der Waals surface area contributed by atoms with Gasteiger partial charge in [0.1, 0.15) is 12.1 Å². The van der Waals surface area contributed by atoms with Crippen molar-refractivity contribution >= 4 is 11.0 Å². The molecule has 0 bridgehead atoms. The second kappa shape index (κ2) is 6.50. The number of alkyl halides is 5. The Morgan fingerprint density at radius 3 is 2.38 bits per heavy atom. The van der Waals surface area contributed by atoms with Gasteiger partial charge in [0.15, 0.2) is 6.61 Å². The molecule has 10 heteroatoms. The average Bonchev–Trinajstić information content (AvgIpc) is 2.93. The third-order valence-electron chi connectivity index (χ3n) is 3.39. The van der Waals surface area contributed by atoms with E-state index >= 15 is 0 Å². The highest BCUT2D eigenvalue weighted by Gasteiger charge is 2.28. The van der Waals surface area contributed by atoms with Crippen LogP contribution in [0.5, 0.6) is 5.88 Å². The third-order valence-corrected chi connectivity index (χ3v) is 3.39. The molecule has 0 aliphatic carbocycles. The number of nitrogens with zero attached hydrogens (tertiary/aromatic N) is 4. The first-order valence-electron chi connectivity index (χ1n) is 7.48. The van der Waals surface area contributed by atoms with Gasteiger partial charge in [-0.2, -0.15) is 13.2 Å². The molecule has 0 aliphatic heterocycles. The molecule has 0 unspecified atom stereocenters. The van der Waals surface area contributed by atoms with Gasteiger partial charge >= 0.3 is 6.18 Å². The first-order chi connectivity index (χ1) is 12.1. The zero-order chi connectivity index (χ0) is 18.9. The predicted molar refractivity (Wildman–Crippen MR) is 82.9 cm³/mol. The minimum atomic E-state index is -4.45. The number of hydrogen-bond acceptors (Lipinski definition) is 4. The van der Waals surface area contributed by atoms with Crippen molar-refractivity contribution in [2.75, 3.05) is 6.61 Å². The monoisotopic (exact) mass is 372 g/mol. The molecule has 2 aromatic heterocycles. The fourth-order valence-electron chi connectivity index (χ4n) is 2.32. The molecule has 5 nitrogen and oxygen atoms in total. The summed E-state index contributed by atoms with van der Waals surface area (Å²) in [7, 11) is 0. The highest BCUT2D eigenvalue weighted by Crippen LogP contribution is 2.26. The fourth-order valence-corrected chi connectivity index (χ4v) is 2.32. The van der Waals surface area contributed by atoms with Gasteiger partial charge in [0.25, 0.3) is 5.92 Å². The third kappa shape index (κ3) is 4.44. The van der Waals surface area contributed by atoms with Gasteiger partial charge in [-0.1, -0.05) is 11.3 Å². The highest BCUT2D eigenvalue weighted by atomic mass is 19.4. The van der Waals surface area contributed by atoms with E-state index in [-0.39, 0.29) is 5.88 Å². The first kappa shape index (κ1) is 18.0. The molecular weight excluding hydrogens is 359 g/mol. The number of halogens is 5. The molecule has 2 heterocycles. The van der Waals surface area contributed by atoms with E-state index in [9.17, 15) is 22.0 Å². The van der Waals surface area contributed by atoms with Crippen molar-refractivity contribution in [3.63, 3.8) is 0 Å². The predicted octanol–water partition coefficient (Wildman–Crippen LogP) is 4.09. The second-order valence-electron chi connectivity index (χ2n) is 5.81. The minimum Gasteiger partial charge on any atom is -0.468 e. The van der Waals surface area contributed by atoms with Crippen LogP contribution in [0.2, 0.25) is 0 Å². The molecule has 3 aromatic rings. The van der Waals surface area contributed by atoms with Crippen LogP contribution < -0.4 is 4.74 Å². The Kier molecular flexibility index (Phi) is 4.51. The van der Waals surface area contributed by atoms with E-state index in [2.05, 4.69) is 20.0 Å². The van der Waals surface area contributed by atoms with E-state index in [1.165, 1.54) is 18.3 Å². The van der Waals surface area contributed by atoms with E-state index in [0.29, 0.717) is 22.2 Å². The quantitative estimate of drug-likeness (QED) is 0.633. The summed E-state index contributed by atoms with van der Waals surface area (Å²) in [5.74, 6) is -3.11. The molecular formula is C16H13F5N4O. The summed E-state index contributed by atoms with van der Waals surface area (Å²) in [6, 6.07) is 7.77. The normalized spacial score (nSPS) is 12.5. The first-order valence-corrected chi connectivity index (χ1v) is 7.48. The van der Waals surface area contributed by atoms with Crippen LogP contribution in [0.4, 0.5) is 22.0 Å². The Balaban J connectivity index is 1.84.